The van der Waals surface area contributed by atoms with E-state index >= 15 is 4.39 Å². The molecule has 0 saturated carbocycles. The van der Waals surface area contributed by atoms with Crippen molar-refractivity contribution in [3.05, 3.63) is 74.0 Å². The number of aromatic amines is 1. The number of benzene rings is 2. The summed E-state index contributed by atoms with van der Waals surface area (Å²) in [5.41, 5.74) is -4.23. The summed E-state index contributed by atoms with van der Waals surface area (Å²) in [6.07, 6.45) is -4.35. The summed E-state index contributed by atoms with van der Waals surface area (Å²) < 4.78 is 52.8. The lowest BCUT2D eigenvalue weighted by Crippen LogP contribution is -2.44. The average molecular weight is 658 g/mol. The van der Waals surface area contributed by atoms with E-state index in [4.69, 9.17) is 18.5 Å². The van der Waals surface area contributed by atoms with Crippen LogP contribution in [0.2, 0.25) is 0 Å². The summed E-state index contributed by atoms with van der Waals surface area (Å²) in [6.45, 7) is 5.06. The van der Waals surface area contributed by atoms with Gasteiger partial charge in [0.05, 0.1) is 17.2 Å². The van der Waals surface area contributed by atoms with Gasteiger partial charge < -0.3 is 19.1 Å². The van der Waals surface area contributed by atoms with Crippen molar-refractivity contribution in [2.24, 2.45) is 0 Å². The van der Waals surface area contributed by atoms with Gasteiger partial charge >= 0.3 is 19.4 Å². The summed E-state index contributed by atoms with van der Waals surface area (Å²) in [5, 5.41) is 14.7. The second-order valence-electron chi connectivity index (χ2n) is 9.96. The SMILES string of the molecule is CC(C)OC(=O)[C@@H](C)N[P@](=O)(OC[C@H]1O[C@@H](n2cc(Br)c(=O)[nH]c2=O)[C@](C)(F)[C@@H]1O)Oc1cccc2ccccc12. The van der Waals surface area contributed by atoms with E-state index in [-0.39, 0.29) is 10.2 Å². The van der Waals surface area contributed by atoms with Crippen LogP contribution in [-0.2, 0) is 23.4 Å². The van der Waals surface area contributed by atoms with Gasteiger partial charge in [0.15, 0.2) is 11.9 Å². The van der Waals surface area contributed by atoms with Gasteiger partial charge in [-0.2, -0.15) is 5.09 Å². The van der Waals surface area contributed by atoms with Crippen LogP contribution in [0.4, 0.5) is 4.39 Å². The van der Waals surface area contributed by atoms with Gasteiger partial charge in [-0.1, -0.05) is 36.4 Å². The first-order valence-corrected chi connectivity index (χ1v) is 15.0. The number of rotatable bonds is 10. The van der Waals surface area contributed by atoms with Gasteiger partial charge in [-0.15, -0.1) is 0 Å². The molecule has 1 aliphatic heterocycles. The highest BCUT2D eigenvalue weighted by atomic mass is 79.9. The first kappa shape index (κ1) is 31.1. The van der Waals surface area contributed by atoms with Gasteiger partial charge in [0.1, 0.15) is 24.0 Å². The van der Waals surface area contributed by atoms with E-state index in [9.17, 15) is 24.1 Å². The maximum atomic E-state index is 15.7. The van der Waals surface area contributed by atoms with Crippen molar-refractivity contribution in [3.8, 4) is 5.75 Å². The van der Waals surface area contributed by atoms with E-state index < -0.39 is 67.8 Å². The number of aliphatic hydroxyl groups is 1. The molecule has 3 aromatic rings. The molecule has 1 aliphatic rings. The highest BCUT2D eigenvalue weighted by molar-refractivity contribution is 9.10. The third kappa shape index (κ3) is 6.79. The molecule has 2 aromatic carbocycles. The van der Waals surface area contributed by atoms with Gasteiger partial charge in [0.25, 0.3) is 5.56 Å². The summed E-state index contributed by atoms with van der Waals surface area (Å²) in [5.74, 6) is -0.545. The number of carbonyl (C=O) groups excluding carboxylic acids is 1. The second-order valence-corrected chi connectivity index (χ2v) is 12.5. The number of nitrogens with zero attached hydrogens (tertiary/aromatic N) is 1. The van der Waals surface area contributed by atoms with Crippen LogP contribution in [0.3, 0.4) is 0 Å². The molecule has 0 radical (unpaired) electrons. The minimum atomic E-state index is -4.42. The number of aliphatic hydroxyl groups excluding tert-OH is 1. The van der Waals surface area contributed by atoms with Gasteiger partial charge in [0, 0.05) is 11.6 Å². The van der Waals surface area contributed by atoms with Crippen molar-refractivity contribution in [1.29, 1.82) is 0 Å². The molecule has 3 N–H and O–H groups in total. The van der Waals surface area contributed by atoms with Gasteiger partial charge in [-0.25, -0.2) is 13.8 Å². The predicted molar refractivity (Wildman–Crippen MR) is 150 cm³/mol. The fraction of sp³-hybridized carbons (Fsp3) is 0.423. The Labute approximate surface area is 242 Å². The minimum absolute atomic E-state index is 0.0647. The van der Waals surface area contributed by atoms with Crippen molar-refractivity contribution in [2.45, 2.75) is 63.9 Å². The number of H-pyrrole nitrogens is 1. The standard InChI is InChI=1S/C26H30BrFN3O9P/c1-14(2)38-23(34)15(3)30-41(36,40-19-11-7-9-16-8-5-6-10-17(16)19)37-13-20-21(32)26(4,28)24(39-20)31-12-18(27)22(33)29-25(31)35/h5-12,14-15,20-21,24,32H,13H2,1-4H3,(H,30,36)(H,29,33,35)/t15-,20-,21-,24-,26-,41+/m1/s1. The number of ether oxygens (including phenoxy) is 2. The molecule has 1 aromatic heterocycles. The molecular weight excluding hydrogens is 628 g/mol. The Hall–Kier alpha value is -2.87. The van der Waals surface area contributed by atoms with Crippen LogP contribution in [0.25, 0.3) is 10.8 Å². The highest BCUT2D eigenvalue weighted by Gasteiger charge is 2.56. The van der Waals surface area contributed by atoms with E-state index in [1.54, 1.807) is 38.1 Å². The molecule has 0 unspecified atom stereocenters. The lowest BCUT2D eigenvalue weighted by Gasteiger charge is -2.26. The van der Waals surface area contributed by atoms with Crippen LogP contribution >= 0.6 is 23.7 Å². The number of halogens is 2. The van der Waals surface area contributed by atoms with E-state index in [0.717, 1.165) is 23.1 Å². The van der Waals surface area contributed by atoms with Gasteiger partial charge in [0.2, 0.25) is 0 Å². The Bertz CT molecular complexity index is 1590. The molecule has 0 spiro atoms. The van der Waals surface area contributed by atoms with E-state index in [0.29, 0.717) is 5.39 Å². The van der Waals surface area contributed by atoms with Gasteiger partial charge in [-0.05, 0) is 55.1 Å². The van der Waals surface area contributed by atoms with Crippen molar-refractivity contribution >= 4 is 40.4 Å². The fourth-order valence-corrected chi connectivity index (χ4v) is 6.12. The smallest absolute Gasteiger partial charge is 0.459 e. The largest absolute Gasteiger partial charge is 0.462 e. The average Bonchev–Trinajstić information content (AvgIpc) is 3.13. The van der Waals surface area contributed by atoms with Crippen LogP contribution in [0, 0.1) is 0 Å². The molecule has 0 amide bonds. The summed E-state index contributed by atoms with van der Waals surface area (Å²) >= 11 is 2.98. The maximum absolute atomic E-state index is 15.7. The van der Waals surface area contributed by atoms with Crippen molar-refractivity contribution in [1.82, 2.24) is 14.6 Å². The normalized spacial score (nSPS) is 24.7. The zero-order chi connectivity index (χ0) is 30.1. The van der Waals surface area contributed by atoms with Crippen LogP contribution in [-0.4, -0.2) is 57.3 Å². The van der Waals surface area contributed by atoms with E-state index in [2.05, 4.69) is 21.0 Å². The molecule has 0 bridgehead atoms. The lowest BCUT2D eigenvalue weighted by molar-refractivity contribution is -0.149. The third-order valence-corrected chi connectivity index (χ3v) is 8.52. The van der Waals surface area contributed by atoms with Gasteiger partial charge in [-0.3, -0.25) is 23.7 Å². The molecule has 1 fully saturated rings. The maximum Gasteiger partial charge on any atom is 0.459 e. The molecule has 41 heavy (non-hydrogen) atoms. The van der Waals surface area contributed by atoms with Crippen molar-refractivity contribution < 1.29 is 37.4 Å². The number of hydrogen-bond acceptors (Lipinski definition) is 9. The van der Waals surface area contributed by atoms with Crippen LogP contribution < -0.4 is 20.9 Å². The van der Waals surface area contributed by atoms with Crippen LogP contribution in [0.5, 0.6) is 5.75 Å². The topological polar surface area (TPSA) is 158 Å². The molecule has 4 rings (SSSR count). The van der Waals surface area contributed by atoms with Crippen LogP contribution in [0.15, 0.2) is 62.7 Å². The van der Waals surface area contributed by atoms with E-state index in [1.807, 2.05) is 23.2 Å². The molecule has 12 nitrogen and oxygen atoms in total. The molecular formula is C26H30BrFN3O9P. The van der Waals surface area contributed by atoms with Crippen molar-refractivity contribution in [2.75, 3.05) is 6.61 Å². The Morgan fingerprint density at radius 2 is 1.93 bits per heavy atom. The highest BCUT2D eigenvalue weighted by Crippen LogP contribution is 2.48. The first-order valence-electron chi connectivity index (χ1n) is 12.7. The lowest BCUT2D eigenvalue weighted by atomic mass is 9.98. The number of carbonyl (C=O) groups is 1. The third-order valence-electron chi connectivity index (χ3n) is 6.33. The Morgan fingerprint density at radius 3 is 2.63 bits per heavy atom. The summed E-state index contributed by atoms with van der Waals surface area (Å²) in [4.78, 5) is 38.6. The number of hydrogen-bond donors (Lipinski definition) is 3. The van der Waals surface area contributed by atoms with E-state index in [1.165, 1.54) is 6.92 Å². The Morgan fingerprint density at radius 1 is 1.24 bits per heavy atom. The van der Waals surface area contributed by atoms with Crippen LogP contribution in [0.1, 0.15) is 33.9 Å². The molecule has 1 saturated heterocycles. The number of esters is 1. The second kappa shape index (κ2) is 12.2. The number of nitrogens with one attached hydrogen (secondary N) is 2. The molecule has 2 heterocycles. The first-order chi connectivity index (χ1) is 19.2. The fourth-order valence-electron chi connectivity index (χ4n) is 4.28. The number of fused-ring (bicyclic) bond motifs is 1. The molecule has 0 aliphatic carbocycles. The Balaban J connectivity index is 1.61. The van der Waals surface area contributed by atoms with Crippen molar-refractivity contribution in [3.63, 3.8) is 0 Å². The quantitative estimate of drug-likeness (QED) is 0.217. The number of alkyl halides is 1. The summed E-state index contributed by atoms with van der Waals surface area (Å²) in [6, 6.07) is 11.1. The zero-order valence-corrected chi connectivity index (χ0v) is 25.1. The molecule has 15 heteroatoms. The molecule has 6 atom stereocenters. The Kier molecular flexibility index (Phi) is 9.22. The minimum Gasteiger partial charge on any atom is -0.462 e. The molecule has 222 valence electrons. The summed E-state index contributed by atoms with van der Waals surface area (Å²) in [7, 11) is -4.42. The predicted octanol–water partition coefficient (Wildman–Crippen LogP) is 3.57. The zero-order valence-electron chi connectivity index (χ0n) is 22.6. The monoisotopic (exact) mass is 657 g/mol. The number of aromatic nitrogens is 2.